The van der Waals surface area contributed by atoms with E-state index in [0.717, 1.165) is 18.8 Å². The van der Waals surface area contributed by atoms with E-state index in [1.54, 1.807) is 0 Å². The Morgan fingerprint density at radius 1 is 1.25 bits per heavy atom. The molecule has 0 bridgehead atoms. The van der Waals surface area contributed by atoms with Gasteiger partial charge >= 0.3 is 0 Å². The van der Waals surface area contributed by atoms with E-state index in [4.69, 9.17) is 0 Å². The van der Waals surface area contributed by atoms with Crippen LogP contribution in [0.2, 0.25) is 0 Å². The lowest BCUT2D eigenvalue weighted by atomic mass is 9.77. The molecule has 1 nitrogen and oxygen atoms in total. The van der Waals surface area contributed by atoms with E-state index in [2.05, 4.69) is 20.8 Å². The summed E-state index contributed by atoms with van der Waals surface area (Å²) in [5, 5.41) is 9.48. The first-order valence-corrected chi connectivity index (χ1v) is 5.15. The monoisotopic (exact) mass is 170 g/mol. The predicted molar refractivity (Wildman–Crippen MR) is 52.0 cm³/mol. The highest BCUT2D eigenvalue weighted by molar-refractivity contribution is 4.76. The Balaban J connectivity index is 2.32. The standard InChI is InChI=1S/C11H22O/c1-11(2,3)8-9-5-4-6-10(12)7-9/h9-10,12H,4-8H2,1-3H3. The Labute approximate surface area is 76.2 Å². The third kappa shape index (κ3) is 3.57. The molecule has 1 saturated carbocycles. The highest BCUT2D eigenvalue weighted by atomic mass is 16.3. The minimum Gasteiger partial charge on any atom is -0.393 e. The summed E-state index contributed by atoms with van der Waals surface area (Å²) in [6.07, 6.45) is 5.88. The van der Waals surface area contributed by atoms with Crippen LogP contribution in [0, 0.1) is 11.3 Å². The molecule has 1 heteroatoms. The van der Waals surface area contributed by atoms with Gasteiger partial charge in [-0.25, -0.2) is 0 Å². The zero-order chi connectivity index (χ0) is 9.19. The average molecular weight is 170 g/mol. The van der Waals surface area contributed by atoms with Gasteiger partial charge in [0.15, 0.2) is 0 Å². The first-order chi connectivity index (χ1) is 5.47. The second-order valence-corrected chi connectivity index (χ2v) is 5.45. The van der Waals surface area contributed by atoms with Crippen LogP contribution in [0.25, 0.3) is 0 Å². The molecule has 1 fully saturated rings. The van der Waals surface area contributed by atoms with Crippen LogP contribution in [-0.2, 0) is 0 Å². The van der Waals surface area contributed by atoms with Gasteiger partial charge in [-0.2, -0.15) is 0 Å². The zero-order valence-corrected chi connectivity index (χ0v) is 8.64. The zero-order valence-electron chi connectivity index (χ0n) is 8.64. The Hall–Kier alpha value is -0.0400. The summed E-state index contributed by atoms with van der Waals surface area (Å²) in [4.78, 5) is 0. The maximum atomic E-state index is 9.48. The molecule has 0 spiro atoms. The van der Waals surface area contributed by atoms with Crippen molar-refractivity contribution in [3.05, 3.63) is 0 Å². The van der Waals surface area contributed by atoms with Crippen LogP contribution in [0.3, 0.4) is 0 Å². The maximum absolute atomic E-state index is 9.48. The molecule has 0 radical (unpaired) electrons. The van der Waals surface area contributed by atoms with E-state index in [0.29, 0.717) is 5.41 Å². The lowest BCUT2D eigenvalue weighted by Gasteiger charge is -2.31. The normalized spacial score (nSPS) is 32.0. The van der Waals surface area contributed by atoms with Gasteiger partial charge in [-0.1, -0.05) is 33.6 Å². The second-order valence-electron chi connectivity index (χ2n) is 5.45. The van der Waals surface area contributed by atoms with Gasteiger partial charge in [0.25, 0.3) is 0 Å². The topological polar surface area (TPSA) is 20.2 Å². The second kappa shape index (κ2) is 3.78. The van der Waals surface area contributed by atoms with E-state index in [1.807, 2.05) is 0 Å². The largest absolute Gasteiger partial charge is 0.393 e. The summed E-state index contributed by atoms with van der Waals surface area (Å²) < 4.78 is 0. The summed E-state index contributed by atoms with van der Waals surface area (Å²) in [6.45, 7) is 6.86. The molecule has 0 aliphatic heterocycles. The van der Waals surface area contributed by atoms with Gasteiger partial charge in [0.05, 0.1) is 6.10 Å². The van der Waals surface area contributed by atoms with E-state index < -0.39 is 0 Å². The molecule has 0 saturated heterocycles. The van der Waals surface area contributed by atoms with Crippen molar-refractivity contribution >= 4 is 0 Å². The van der Waals surface area contributed by atoms with E-state index in [1.165, 1.54) is 19.3 Å². The molecular formula is C11H22O. The molecule has 0 aromatic heterocycles. The summed E-state index contributed by atoms with van der Waals surface area (Å²) in [7, 11) is 0. The lowest BCUT2D eigenvalue weighted by Crippen LogP contribution is -2.23. The highest BCUT2D eigenvalue weighted by Crippen LogP contribution is 2.33. The van der Waals surface area contributed by atoms with Crippen molar-refractivity contribution in [2.45, 2.75) is 59.0 Å². The number of hydrogen-bond acceptors (Lipinski definition) is 1. The van der Waals surface area contributed by atoms with Crippen LogP contribution in [0.1, 0.15) is 52.9 Å². The van der Waals surface area contributed by atoms with E-state index >= 15 is 0 Å². The smallest absolute Gasteiger partial charge is 0.0542 e. The van der Waals surface area contributed by atoms with Gasteiger partial charge in [0, 0.05) is 0 Å². The predicted octanol–water partition coefficient (Wildman–Crippen LogP) is 2.97. The molecule has 72 valence electrons. The minimum absolute atomic E-state index is 0.00824. The van der Waals surface area contributed by atoms with Gasteiger partial charge in [0.2, 0.25) is 0 Å². The lowest BCUT2D eigenvalue weighted by molar-refractivity contribution is 0.0858. The van der Waals surface area contributed by atoms with Gasteiger partial charge < -0.3 is 5.11 Å². The van der Waals surface area contributed by atoms with Crippen molar-refractivity contribution in [2.75, 3.05) is 0 Å². The van der Waals surface area contributed by atoms with Crippen LogP contribution < -0.4 is 0 Å². The molecule has 2 atom stereocenters. The third-order valence-electron chi connectivity index (χ3n) is 2.66. The van der Waals surface area contributed by atoms with Gasteiger partial charge in [-0.05, 0) is 30.6 Å². The molecule has 1 N–H and O–H groups in total. The van der Waals surface area contributed by atoms with Crippen molar-refractivity contribution in [1.29, 1.82) is 0 Å². The highest BCUT2D eigenvalue weighted by Gasteiger charge is 2.24. The van der Waals surface area contributed by atoms with E-state index in [-0.39, 0.29) is 6.10 Å². The van der Waals surface area contributed by atoms with Gasteiger partial charge in [-0.15, -0.1) is 0 Å². The molecule has 1 aliphatic rings. The number of rotatable bonds is 1. The van der Waals surface area contributed by atoms with Crippen molar-refractivity contribution in [3.8, 4) is 0 Å². The molecular weight excluding hydrogens is 148 g/mol. The maximum Gasteiger partial charge on any atom is 0.0542 e. The van der Waals surface area contributed by atoms with Crippen LogP contribution in [-0.4, -0.2) is 11.2 Å². The molecule has 12 heavy (non-hydrogen) atoms. The fourth-order valence-corrected chi connectivity index (χ4v) is 2.31. The fraction of sp³-hybridized carbons (Fsp3) is 1.00. The van der Waals surface area contributed by atoms with Crippen molar-refractivity contribution in [2.24, 2.45) is 11.3 Å². The van der Waals surface area contributed by atoms with Crippen LogP contribution >= 0.6 is 0 Å². The number of aliphatic hydroxyl groups excluding tert-OH is 1. The van der Waals surface area contributed by atoms with Crippen molar-refractivity contribution in [3.63, 3.8) is 0 Å². The third-order valence-corrected chi connectivity index (χ3v) is 2.66. The Bertz CT molecular complexity index is 134. The molecule has 0 aromatic rings. The summed E-state index contributed by atoms with van der Waals surface area (Å²) in [5.74, 6) is 0.772. The molecule has 1 aliphatic carbocycles. The summed E-state index contributed by atoms with van der Waals surface area (Å²) >= 11 is 0. The Kier molecular flexibility index (Phi) is 3.16. The van der Waals surface area contributed by atoms with Crippen molar-refractivity contribution in [1.82, 2.24) is 0 Å². The molecule has 2 unspecified atom stereocenters. The molecule has 1 rings (SSSR count). The quantitative estimate of drug-likeness (QED) is 0.641. The number of aliphatic hydroxyl groups is 1. The van der Waals surface area contributed by atoms with Gasteiger partial charge in [0.1, 0.15) is 0 Å². The summed E-state index contributed by atoms with van der Waals surface area (Å²) in [6, 6.07) is 0. The van der Waals surface area contributed by atoms with Crippen LogP contribution in [0.4, 0.5) is 0 Å². The SMILES string of the molecule is CC(C)(C)CC1CCCC(O)C1. The molecule has 0 heterocycles. The molecule has 0 aromatic carbocycles. The number of hydrogen-bond donors (Lipinski definition) is 1. The van der Waals surface area contributed by atoms with Crippen LogP contribution in [0.15, 0.2) is 0 Å². The summed E-state index contributed by atoms with van der Waals surface area (Å²) in [5.41, 5.74) is 0.432. The first kappa shape index (κ1) is 10.0. The van der Waals surface area contributed by atoms with E-state index in [9.17, 15) is 5.11 Å². The van der Waals surface area contributed by atoms with Gasteiger partial charge in [-0.3, -0.25) is 0 Å². The fourth-order valence-electron chi connectivity index (χ4n) is 2.31. The minimum atomic E-state index is -0.00824. The molecule has 0 amide bonds. The van der Waals surface area contributed by atoms with Crippen molar-refractivity contribution < 1.29 is 5.11 Å². The Morgan fingerprint density at radius 2 is 1.92 bits per heavy atom. The first-order valence-electron chi connectivity index (χ1n) is 5.15. The Morgan fingerprint density at radius 3 is 2.42 bits per heavy atom. The average Bonchev–Trinajstić information content (AvgIpc) is 1.82. The van der Waals surface area contributed by atoms with Crippen LogP contribution in [0.5, 0.6) is 0 Å².